The number of ether oxygens (including phenoxy) is 2. The van der Waals surface area contributed by atoms with E-state index in [0.29, 0.717) is 16.9 Å². The molecule has 0 unspecified atom stereocenters. The third-order valence-electron chi connectivity index (χ3n) is 7.91. The first-order valence-corrected chi connectivity index (χ1v) is 16.3. The molecular weight excluding hydrogens is 604 g/mol. The SMILES string of the molecule is COc1ccc(CC(=O)N(C)[C@@H]2CCCc3ccc(NS(=O)(=O)c4cc(/C=C/C(=O)Nc5ccncc5)ccc4OC)cc32)cc1. The number of sulfonamides is 1. The van der Waals surface area contributed by atoms with E-state index in [9.17, 15) is 18.0 Å². The zero-order valence-electron chi connectivity index (χ0n) is 25.9. The van der Waals surface area contributed by atoms with Crippen LogP contribution in [0.4, 0.5) is 11.4 Å². The number of methoxy groups -OCH3 is 2. The average Bonchev–Trinajstić information content (AvgIpc) is 3.07. The van der Waals surface area contributed by atoms with Crippen LogP contribution in [0.25, 0.3) is 6.08 Å². The first-order valence-electron chi connectivity index (χ1n) is 14.8. The normalized spacial score (nSPS) is 14.3. The van der Waals surface area contributed by atoms with Gasteiger partial charge in [0.05, 0.1) is 26.7 Å². The summed E-state index contributed by atoms with van der Waals surface area (Å²) in [5, 5.41) is 2.72. The number of likely N-dealkylation sites (N-methyl/N-ethyl adjacent to an activating group) is 1. The summed E-state index contributed by atoms with van der Waals surface area (Å²) in [4.78, 5) is 31.3. The average molecular weight is 641 g/mol. The molecule has 10 nitrogen and oxygen atoms in total. The first-order chi connectivity index (χ1) is 22.2. The molecule has 2 N–H and O–H groups in total. The van der Waals surface area contributed by atoms with E-state index in [1.54, 1.807) is 61.8 Å². The topological polar surface area (TPSA) is 127 Å². The molecule has 0 saturated heterocycles. The number of pyridine rings is 1. The number of fused-ring (bicyclic) bond motifs is 1. The van der Waals surface area contributed by atoms with Gasteiger partial charge < -0.3 is 19.7 Å². The van der Waals surface area contributed by atoms with Gasteiger partial charge in [0.2, 0.25) is 11.8 Å². The third kappa shape index (κ3) is 7.73. The van der Waals surface area contributed by atoms with Crippen molar-refractivity contribution in [2.24, 2.45) is 0 Å². The van der Waals surface area contributed by atoms with E-state index in [4.69, 9.17) is 9.47 Å². The summed E-state index contributed by atoms with van der Waals surface area (Å²) in [5.41, 5.74) is 4.34. The fourth-order valence-corrected chi connectivity index (χ4v) is 6.72. The van der Waals surface area contributed by atoms with Crippen molar-refractivity contribution in [3.8, 4) is 11.5 Å². The summed E-state index contributed by atoms with van der Waals surface area (Å²) >= 11 is 0. The largest absolute Gasteiger partial charge is 0.497 e. The van der Waals surface area contributed by atoms with Crippen molar-refractivity contribution < 1.29 is 27.5 Å². The Morgan fingerprint density at radius 2 is 1.72 bits per heavy atom. The summed E-state index contributed by atoms with van der Waals surface area (Å²) in [5.74, 6) is 0.482. The maximum atomic E-state index is 13.7. The van der Waals surface area contributed by atoms with Crippen LogP contribution in [-0.2, 0) is 32.5 Å². The Labute approximate surface area is 269 Å². The lowest BCUT2D eigenvalue weighted by Gasteiger charge is -2.34. The van der Waals surface area contributed by atoms with Gasteiger partial charge in [-0.05, 0) is 96.1 Å². The van der Waals surface area contributed by atoms with Crippen LogP contribution in [-0.4, -0.2) is 51.4 Å². The van der Waals surface area contributed by atoms with E-state index < -0.39 is 10.0 Å². The minimum Gasteiger partial charge on any atom is -0.497 e. The predicted octanol–water partition coefficient (Wildman–Crippen LogP) is 5.63. The van der Waals surface area contributed by atoms with Crippen molar-refractivity contribution in [3.05, 3.63) is 114 Å². The number of rotatable bonds is 11. The molecule has 1 aliphatic carbocycles. The van der Waals surface area contributed by atoms with Crippen molar-refractivity contribution in [2.45, 2.75) is 36.6 Å². The Balaban J connectivity index is 1.33. The Bertz CT molecular complexity index is 1840. The smallest absolute Gasteiger partial charge is 0.265 e. The fraction of sp³-hybridized carbons (Fsp3) is 0.229. The number of anilines is 2. The summed E-state index contributed by atoms with van der Waals surface area (Å²) in [6.07, 6.45) is 8.76. The summed E-state index contributed by atoms with van der Waals surface area (Å²) in [7, 11) is 0.692. The van der Waals surface area contributed by atoms with Crippen molar-refractivity contribution in [2.75, 3.05) is 31.3 Å². The van der Waals surface area contributed by atoms with Crippen LogP contribution in [0.2, 0.25) is 0 Å². The van der Waals surface area contributed by atoms with Crippen molar-refractivity contribution in [3.63, 3.8) is 0 Å². The van der Waals surface area contributed by atoms with Crippen molar-refractivity contribution >= 4 is 39.3 Å². The van der Waals surface area contributed by atoms with E-state index in [0.717, 1.165) is 41.7 Å². The highest BCUT2D eigenvalue weighted by atomic mass is 32.2. The molecule has 0 bridgehead atoms. The minimum absolute atomic E-state index is 0.0296. The van der Waals surface area contributed by atoms with Gasteiger partial charge in [0, 0.05) is 36.9 Å². The lowest BCUT2D eigenvalue weighted by molar-refractivity contribution is -0.131. The van der Waals surface area contributed by atoms with Gasteiger partial charge in [-0.3, -0.25) is 19.3 Å². The van der Waals surface area contributed by atoms with Crippen molar-refractivity contribution in [1.82, 2.24) is 9.88 Å². The van der Waals surface area contributed by atoms with Gasteiger partial charge in [-0.1, -0.05) is 24.3 Å². The Morgan fingerprint density at radius 3 is 2.43 bits per heavy atom. The third-order valence-corrected chi connectivity index (χ3v) is 9.31. The number of nitrogens with zero attached hydrogens (tertiary/aromatic N) is 2. The number of carbonyl (C=O) groups excluding carboxylic acids is 2. The number of amides is 2. The van der Waals surface area contributed by atoms with Crippen LogP contribution in [0.5, 0.6) is 11.5 Å². The van der Waals surface area contributed by atoms with Gasteiger partial charge in [-0.25, -0.2) is 8.42 Å². The minimum atomic E-state index is -4.10. The first kappa shape index (κ1) is 32.2. The molecule has 11 heteroatoms. The van der Waals surface area contributed by atoms with E-state index in [1.165, 1.54) is 25.3 Å². The van der Waals surface area contributed by atoms with Gasteiger partial charge in [0.25, 0.3) is 10.0 Å². The van der Waals surface area contributed by atoms with Gasteiger partial charge in [0.15, 0.2) is 0 Å². The molecule has 0 saturated carbocycles. The number of carbonyl (C=O) groups is 2. The summed E-state index contributed by atoms with van der Waals surface area (Å²) in [6, 6.07) is 20.7. The number of aryl methyl sites for hydroxylation is 1. The molecule has 5 rings (SSSR count). The molecule has 0 radical (unpaired) electrons. The van der Waals surface area contributed by atoms with Crippen LogP contribution in [0.3, 0.4) is 0 Å². The molecule has 1 atom stereocenters. The molecule has 1 aromatic heterocycles. The molecule has 0 fully saturated rings. The predicted molar refractivity (Wildman–Crippen MR) is 177 cm³/mol. The number of nitrogens with one attached hydrogen (secondary N) is 2. The summed E-state index contributed by atoms with van der Waals surface area (Å²) in [6.45, 7) is 0. The van der Waals surface area contributed by atoms with Crippen LogP contribution in [0.1, 0.15) is 41.1 Å². The maximum absolute atomic E-state index is 13.7. The molecule has 4 aromatic rings. The maximum Gasteiger partial charge on any atom is 0.265 e. The second-order valence-corrected chi connectivity index (χ2v) is 12.6. The van der Waals surface area contributed by atoms with Crippen LogP contribution in [0.15, 0.2) is 96.2 Å². The Morgan fingerprint density at radius 1 is 0.957 bits per heavy atom. The molecule has 46 heavy (non-hydrogen) atoms. The molecule has 238 valence electrons. The van der Waals surface area contributed by atoms with Crippen molar-refractivity contribution in [1.29, 1.82) is 0 Å². The monoisotopic (exact) mass is 640 g/mol. The number of aromatic nitrogens is 1. The quantitative estimate of drug-likeness (QED) is 0.204. The second-order valence-electron chi connectivity index (χ2n) is 10.9. The highest BCUT2D eigenvalue weighted by Crippen LogP contribution is 2.36. The number of benzene rings is 3. The van der Waals surface area contributed by atoms with E-state index in [1.807, 2.05) is 36.4 Å². The number of hydrogen-bond donors (Lipinski definition) is 2. The molecule has 2 amide bonds. The standard InChI is InChI=1S/C35H36N4O6S/c1-39(35(41)22-25-7-13-29(44-2)14-8-25)31-6-4-5-26-11-12-28(23-30(26)31)38-46(42,43)33-21-24(9-15-32(33)45-3)10-16-34(40)37-27-17-19-36-20-18-27/h7-21,23,31,38H,4-6,22H2,1-3H3,(H,36,37,40)/b16-10+/t31-/m1/s1. The zero-order chi connectivity index (χ0) is 32.7. The van der Waals surface area contributed by atoms with E-state index in [2.05, 4.69) is 15.0 Å². The Hall–Kier alpha value is -5.16. The van der Waals surface area contributed by atoms with Crippen LogP contribution >= 0.6 is 0 Å². The van der Waals surface area contributed by atoms with Gasteiger partial charge in [0.1, 0.15) is 16.4 Å². The van der Waals surface area contributed by atoms with Crippen LogP contribution < -0.4 is 19.5 Å². The lowest BCUT2D eigenvalue weighted by atomic mass is 9.86. The molecule has 3 aromatic carbocycles. The van der Waals surface area contributed by atoms with Gasteiger partial charge in [-0.15, -0.1) is 0 Å². The molecular formula is C35H36N4O6S. The highest BCUT2D eigenvalue weighted by Gasteiger charge is 2.28. The number of hydrogen-bond acceptors (Lipinski definition) is 7. The molecule has 1 aliphatic rings. The van der Waals surface area contributed by atoms with E-state index >= 15 is 0 Å². The van der Waals surface area contributed by atoms with Gasteiger partial charge in [-0.2, -0.15) is 0 Å². The zero-order valence-corrected chi connectivity index (χ0v) is 26.7. The highest BCUT2D eigenvalue weighted by molar-refractivity contribution is 7.92. The van der Waals surface area contributed by atoms with Gasteiger partial charge >= 0.3 is 0 Å². The second kappa shape index (κ2) is 14.3. The molecule has 1 heterocycles. The fourth-order valence-electron chi connectivity index (χ4n) is 5.46. The Kier molecular flexibility index (Phi) is 10.0. The van der Waals surface area contributed by atoms with Crippen LogP contribution in [0, 0.1) is 0 Å². The molecule has 0 spiro atoms. The lowest BCUT2D eigenvalue weighted by Crippen LogP contribution is -2.34. The summed E-state index contributed by atoms with van der Waals surface area (Å²) < 4.78 is 40.6. The molecule has 0 aliphatic heterocycles. The van der Waals surface area contributed by atoms with E-state index in [-0.39, 0.29) is 34.9 Å².